The minimum atomic E-state index is 0.0817. The topological polar surface area (TPSA) is 66.1 Å². The highest BCUT2D eigenvalue weighted by Crippen LogP contribution is 2.24. The van der Waals surface area contributed by atoms with E-state index in [1.807, 2.05) is 4.90 Å². The second-order valence-electron chi connectivity index (χ2n) is 4.10. The number of aromatic nitrogens is 2. The van der Waals surface area contributed by atoms with Gasteiger partial charge in [0.1, 0.15) is 0 Å². The molecule has 1 fully saturated rings. The Hall–Kier alpha value is -1.30. The van der Waals surface area contributed by atoms with Crippen molar-refractivity contribution >= 4 is 22.8 Å². The number of imidazole rings is 1. The first kappa shape index (κ1) is 12.2. The maximum absolute atomic E-state index is 11.7. The molecule has 0 spiro atoms. The molecule has 0 radical (unpaired) electrons. The molecule has 0 aromatic carbocycles. The second-order valence-corrected chi connectivity index (χ2v) is 5.58. The molecule has 5 nitrogen and oxygen atoms in total. The number of rotatable bonds is 4. The van der Waals surface area contributed by atoms with Crippen molar-refractivity contribution in [3.8, 4) is 0 Å². The van der Waals surface area contributed by atoms with Crippen molar-refractivity contribution in [2.45, 2.75) is 25.0 Å². The molecule has 1 aromatic rings. The van der Waals surface area contributed by atoms with E-state index in [9.17, 15) is 9.59 Å². The quantitative estimate of drug-likeness (QED) is 0.863. The summed E-state index contributed by atoms with van der Waals surface area (Å²) in [5, 5.41) is 0.208. The Morgan fingerprint density at radius 3 is 3.18 bits per heavy atom. The van der Waals surface area contributed by atoms with E-state index in [1.54, 1.807) is 19.4 Å². The number of nitrogens with zero attached hydrogens (tertiary/aromatic N) is 2. The van der Waals surface area contributed by atoms with Crippen LogP contribution in [0.3, 0.4) is 0 Å². The van der Waals surface area contributed by atoms with Crippen LogP contribution < -0.4 is 0 Å². The van der Waals surface area contributed by atoms with Crippen LogP contribution in [0, 0.1) is 0 Å². The highest BCUT2D eigenvalue weighted by Gasteiger charge is 2.30. The summed E-state index contributed by atoms with van der Waals surface area (Å²) in [6.07, 6.45) is 4.66. The molecule has 2 rings (SSSR count). The van der Waals surface area contributed by atoms with Crippen molar-refractivity contribution in [3.63, 3.8) is 0 Å². The number of likely N-dealkylation sites (tertiary alicyclic amines) is 1. The van der Waals surface area contributed by atoms with E-state index in [0.29, 0.717) is 19.5 Å². The summed E-state index contributed by atoms with van der Waals surface area (Å²) in [6, 6.07) is 0. The Morgan fingerprint density at radius 2 is 2.53 bits per heavy atom. The molecule has 1 amide bonds. The van der Waals surface area contributed by atoms with E-state index in [2.05, 4.69) is 9.97 Å². The van der Waals surface area contributed by atoms with Crippen LogP contribution in [0.4, 0.5) is 0 Å². The van der Waals surface area contributed by atoms with E-state index in [4.69, 9.17) is 0 Å². The van der Waals surface area contributed by atoms with Gasteiger partial charge >= 0.3 is 0 Å². The minimum Gasteiger partial charge on any atom is -0.348 e. The Labute approximate surface area is 104 Å². The highest BCUT2D eigenvalue weighted by atomic mass is 32.2. The van der Waals surface area contributed by atoms with Gasteiger partial charge < -0.3 is 9.88 Å². The smallest absolute Gasteiger partial charge is 0.223 e. The normalized spacial score (nSPS) is 19.9. The van der Waals surface area contributed by atoms with Crippen LogP contribution in [0.1, 0.15) is 19.0 Å². The van der Waals surface area contributed by atoms with Gasteiger partial charge in [-0.05, 0) is 0 Å². The maximum atomic E-state index is 11.7. The van der Waals surface area contributed by atoms with Gasteiger partial charge in [-0.1, -0.05) is 11.8 Å². The summed E-state index contributed by atoms with van der Waals surface area (Å²) in [5.41, 5.74) is 1.03. The number of hydrogen-bond donors (Lipinski definition) is 1. The monoisotopic (exact) mass is 253 g/mol. The molecule has 1 atom stereocenters. The lowest BCUT2D eigenvalue weighted by Gasteiger charge is -2.15. The maximum Gasteiger partial charge on any atom is 0.223 e. The number of carbonyl (C=O) groups is 2. The van der Waals surface area contributed by atoms with E-state index in [-0.39, 0.29) is 16.3 Å². The number of aromatic amines is 1. The molecule has 1 N–H and O–H groups in total. The van der Waals surface area contributed by atoms with Crippen molar-refractivity contribution in [2.75, 3.05) is 13.1 Å². The minimum absolute atomic E-state index is 0.0817. The molecule has 1 aliphatic rings. The molecule has 1 saturated heterocycles. The van der Waals surface area contributed by atoms with Gasteiger partial charge in [-0.3, -0.25) is 9.59 Å². The largest absolute Gasteiger partial charge is 0.348 e. The van der Waals surface area contributed by atoms with Gasteiger partial charge in [-0.2, -0.15) is 0 Å². The van der Waals surface area contributed by atoms with Crippen molar-refractivity contribution in [2.24, 2.45) is 0 Å². The second kappa shape index (κ2) is 5.35. The van der Waals surface area contributed by atoms with E-state index >= 15 is 0 Å². The van der Waals surface area contributed by atoms with Crippen LogP contribution in [0.15, 0.2) is 12.5 Å². The van der Waals surface area contributed by atoms with Crippen LogP contribution in [0.2, 0.25) is 0 Å². The van der Waals surface area contributed by atoms with Gasteiger partial charge in [-0.15, -0.1) is 0 Å². The fraction of sp³-hybridized carbons (Fsp3) is 0.545. The van der Waals surface area contributed by atoms with E-state index < -0.39 is 0 Å². The molecule has 1 aromatic heterocycles. The van der Waals surface area contributed by atoms with Crippen molar-refractivity contribution < 1.29 is 9.59 Å². The first-order chi connectivity index (χ1) is 8.15. The zero-order valence-corrected chi connectivity index (χ0v) is 10.5. The number of hydrogen-bond acceptors (Lipinski definition) is 4. The average molecular weight is 253 g/mol. The first-order valence-electron chi connectivity index (χ1n) is 5.57. The first-order valence-corrected chi connectivity index (χ1v) is 6.45. The number of H-pyrrole nitrogens is 1. The Kier molecular flexibility index (Phi) is 3.83. The number of thioether (sulfide) groups is 1. The lowest BCUT2D eigenvalue weighted by molar-refractivity contribution is -0.127. The highest BCUT2D eigenvalue weighted by molar-refractivity contribution is 8.14. The van der Waals surface area contributed by atoms with Crippen LogP contribution in [-0.4, -0.2) is 44.2 Å². The molecule has 0 aliphatic carbocycles. The van der Waals surface area contributed by atoms with Gasteiger partial charge in [0.25, 0.3) is 0 Å². The molecular weight excluding hydrogens is 238 g/mol. The average Bonchev–Trinajstić information content (AvgIpc) is 2.84. The summed E-state index contributed by atoms with van der Waals surface area (Å²) < 4.78 is 0. The zero-order chi connectivity index (χ0) is 12.3. The zero-order valence-electron chi connectivity index (χ0n) is 9.68. The van der Waals surface area contributed by atoms with Crippen LogP contribution in [-0.2, 0) is 16.0 Å². The third-order valence-corrected chi connectivity index (χ3v) is 3.70. The third-order valence-electron chi connectivity index (χ3n) is 2.72. The molecule has 92 valence electrons. The molecule has 0 saturated carbocycles. The van der Waals surface area contributed by atoms with Crippen LogP contribution in [0.25, 0.3) is 0 Å². The fourth-order valence-corrected chi connectivity index (χ4v) is 2.89. The van der Waals surface area contributed by atoms with E-state index in [0.717, 1.165) is 12.1 Å². The third kappa shape index (κ3) is 3.33. The Balaban J connectivity index is 1.82. The SMILES string of the molecule is CC(=O)SC1CC(=O)N(CCc2cnc[nH]2)C1. The molecule has 0 bridgehead atoms. The number of amides is 1. The van der Waals surface area contributed by atoms with Gasteiger partial charge in [0.2, 0.25) is 5.91 Å². The van der Waals surface area contributed by atoms with Gasteiger partial charge in [-0.25, -0.2) is 4.98 Å². The van der Waals surface area contributed by atoms with Gasteiger partial charge in [0.05, 0.1) is 6.33 Å². The Morgan fingerprint density at radius 1 is 1.71 bits per heavy atom. The summed E-state index contributed by atoms with van der Waals surface area (Å²) in [6.45, 7) is 2.91. The summed E-state index contributed by atoms with van der Waals surface area (Å²) in [4.78, 5) is 31.4. The summed E-state index contributed by atoms with van der Waals surface area (Å²) in [7, 11) is 0. The van der Waals surface area contributed by atoms with Crippen LogP contribution in [0.5, 0.6) is 0 Å². The standard InChI is InChI=1S/C11H15N3O2S/c1-8(15)17-10-4-11(16)14(6-10)3-2-9-5-12-7-13-9/h5,7,10H,2-4,6H2,1H3,(H,12,13). The Bertz CT molecular complexity index is 405. The predicted octanol–water partition coefficient (Wildman–Crippen LogP) is 0.833. The molecular formula is C11H15N3O2S. The van der Waals surface area contributed by atoms with Crippen molar-refractivity contribution in [1.29, 1.82) is 0 Å². The summed E-state index contributed by atoms with van der Waals surface area (Å²) in [5.74, 6) is 0.142. The summed E-state index contributed by atoms with van der Waals surface area (Å²) >= 11 is 1.27. The molecule has 6 heteroatoms. The molecule has 1 unspecified atom stereocenters. The van der Waals surface area contributed by atoms with Crippen molar-refractivity contribution in [3.05, 3.63) is 18.2 Å². The van der Waals surface area contributed by atoms with Gasteiger partial charge in [0, 0.05) is 50.0 Å². The van der Waals surface area contributed by atoms with Gasteiger partial charge in [0.15, 0.2) is 5.12 Å². The van der Waals surface area contributed by atoms with Crippen LogP contribution >= 0.6 is 11.8 Å². The molecule has 2 heterocycles. The number of carbonyl (C=O) groups excluding carboxylic acids is 2. The number of nitrogens with one attached hydrogen (secondary N) is 1. The molecule has 1 aliphatic heterocycles. The van der Waals surface area contributed by atoms with Crippen molar-refractivity contribution in [1.82, 2.24) is 14.9 Å². The van der Waals surface area contributed by atoms with E-state index in [1.165, 1.54) is 11.8 Å². The molecule has 17 heavy (non-hydrogen) atoms. The lowest BCUT2D eigenvalue weighted by Crippen LogP contribution is -2.28. The lowest BCUT2D eigenvalue weighted by atomic mass is 10.3. The fourth-order valence-electron chi connectivity index (χ4n) is 1.94. The predicted molar refractivity (Wildman–Crippen MR) is 65.5 cm³/mol.